The molecule has 1 aliphatic carbocycles. The van der Waals surface area contributed by atoms with E-state index in [1.54, 1.807) is 43.4 Å². The van der Waals surface area contributed by atoms with Crippen LogP contribution in [0.5, 0.6) is 0 Å². The van der Waals surface area contributed by atoms with E-state index in [9.17, 15) is 9.59 Å². The topological polar surface area (TPSA) is 59.1 Å². The van der Waals surface area contributed by atoms with E-state index in [-0.39, 0.29) is 36.1 Å². The van der Waals surface area contributed by atoms with Gasteiger partial charge in [-0.3, -0.25) is 4.79 Å². The van der Waals surface area contributed by atoms with E-state index in [2.05, 4.69) is 0 Å². The van der Waals surface area contributed by atoms with E-state index in [1.807, 2.05) is 31.2 Å². The summed E-state index contributed by atoms with van der Waals surface area (Å²) in [7, 11) is 3.28. The molecule has 0 N–H and O–H groups in total. The Kier molecular flexibility index (Phi) is 6.32. The second-order valence-electron chi connectivity index (χ2n) is 8.24. The standard InChI is InChI=1S/C24H27ClN2O4/c1-15-7-9-16(10-8-15)14-26-20-13-22(31-3)21(30-2)12-19(20)23(28)27(24(26)29)18-6-4-5-17(25)11-18/h4-11,19-22H,12-14H2,1-3H3. The maximum atomic E-state index is 13.6. The summed E-state index contributed by atoms with van der Waals surface area (Å²) in [5, 5.41) is 0.475. The van der Waals surface area contributed by atoms with Crippen LogP contribution in [0.1, 0.15) is 24.0 Å². The summed E-state index contributed by atoms with van der Waals surface area (Å²) in [4.78, 5) is 30.2. The minimum atomic E-state index is -0.376. The smallest absolute Gasteiger partial charge is 0.331 e. The Bertz CT molecular complexity index is 964. The number of carbonyl (C=O) groups excluding carboxylic acids is 2. The number of aryl methyl sites for hydroxylation is 1. The highest BCUT2D eigenvalue weighted by Gasteiger charge is 2.52. The van der Waals surface area contributed by atoms with Crippen LogP contribution in [0.2, 0.25) is 5.02 Å². The van der Waals surface area contributed by atoms with Crippen LogP contribution in [0.25, 0.3) is 0 Å². The molecule has 4 rings (SSSR count). The Morgan fingerprint density at radius 2 is 1.68 bits per heavy atom. The van der Waals surface area contributed by atoms with Gasteiger partial charge in [0, 0.05) is 31.8 Å². The van der Waals surface area contributed by atoms with Gasteiger partial charge in [-0.05, 0) is 43.5 Å². The summed E-state index contributed by atoms with van der Waals surface area (Å²) < 4.78 is 11.3. The van der Waals surface area contributed by atoms with Crippen LogP contribution in [-0.4, -0.2) is 49.3 Å². The molecule has 3 amide bonds. The predicted octanol–water partition coefficient (Wildman–Crippen LogP) is 4.43. The fourth-order valence-corrected chi connectivity index (χ4v) is 4.86. The zero-order valence-electron chi connectivity index (χ0n) is 18.0. The first-order valence-electron chi connectivity index (χ1n) is 10.4. The first kappa shape index (κ1) is 21.8. The Morgan fingerprint density at radius 1 is 1.00 bits per heavy atom. The highest BCUT2D eigenvalue weighted by Crippen LogP contribution is 2.39. The van der Waals surface area contributed by atoms with Crippen LogP contribution in [0.3, 0.4) is 0 Å². The molecule has 4 unspecified atom stereocenters. The van der Waals surface area contributed by atoms with Gasteiger partial charge in [-0.25, -0.2) is 9.69 Å². The van der Waals surface area contributed by atoms with Gasteiger partial charge in [0.1, 0.15) is 0 Å². The number of anilines is 1. The lowest BCUT2D eigenvalue weighted by atomic mass is 9.77. The van der Waals surface area contributed by atoms with Crippen molar-refractivity contribution in [2.75, 3.05) is 19.1 Å². The number of halogens is 1. The van der Waals surface area contributed by atoms with Gasteiger partial charge >= 0.3 is 6.03 Å². The SMILES string of the molecule is COC1CC2C(=O)N(c3cccc(Cl)c3)C(=O)N(Cc3ccc(C)cc3)C2CC1OC. The average Bonchev–Trinajstić information content (AvgIpc) is 2.77. The van der Waals surface area contributed by atoms with E-state index in [4.69, 9.17) is 21.1 Å². The normalized spacial score (nSPS) is 26.2. The van der Waals surface area contributed by atoms with Gasteiger partial charge in [0.2, 0.25) is 5.91 Å². The minimum absolute atomic E-state index is 0.176. The molecule has 164 valence electrons. The summed E-state index contributed by atoms with van der Waals surface area (Å²) in [5.41, 5.74) is 2.65. The molecule has 0 bridgehead atoms. The van der Waals surface area contributed by atoms with Crippen LogP contribution in [-0.2, 0) is 20.8 Å². The number of urea groups is 1. The Labute approximate surface area is 187 Å². The molecule has 7 heteroatoms. The number of nitrogens with zero attached hydrogens (tertiary/aromatic N) is 2. The quantitative estimate of drug-likeness (QED) is 0.687. The number of benzene rings is 2. The predicted molar refractivity (Wildman–Crippen MR) is 119 cm³/mol. The first-order valence-corrected chi connectivity index (χ1v) is 10.8. The molecule has 1 saturated heterocycles. The van der Waals surface area contributed by atoms with Gasteiger partial charge < -0.3 is 14.4 Å². The van der Waals surface area contributed by atoms with Crippen molar-refractivity contribution < 1.29 is 19.1 Å². The molecule has 31 heavy (non-hydrogen) atoms. The van der Waals surface area contributed by atoms with Crippen LogP contribution >= 0.6 is 11.6 Å². The number of hydrogen-bond donors (Lipinski definition) is 0. The van der Waals surface area contributed by atoms with Gasteiger partial charge in [0.15, 0.2) is 0 Å². The second kappa shape index (κ2) is 8.99. The summed E-state index contributed by atoms with van der Waals surface area (Å²) in [6, 6.07) is 14.4. The van der Waals surface area contributed by atoms with E-state index in [0.29, 0.717) is 30.1 Å². The maximum Gasteiger partial charge on any atom is 0.331 e. The summed E-state index contributed by atoms with van der Waals surface area (Å²) >= 11 is 6.16. The Balaban J connectivity index is 1.73. The van der Waals surface area contributed by atoms with Crippen LogP contribution < -0.4 is 4.90 Å². The third-order valence-corrected chi connectivity index (χ3v) is 6.59. The lowest BCUT2D eigenvalue weighted by molar-refractivity contribution is -0.137. The van der Waals surface area contributed by atoms with E-state index in [1.165, 1.54) is 4.90 Å². The Hall–Kier alpha value is -2.41. The number of imide groups is 1. The van der Waals surface area contributed by atoms with E-state index in [0.717, 1.165) is 11.1 Å². The van der Waals surface area contributed by atoms with Gasteiger partial charge in [-0.15, -0.1) is 0 Å². The maximum absolute atomic E-state index is 13.6. The molecule has 1 heterocycles. The lowest BCUT2D eigenvalue weighted by Gasteiger charge is -2.49. The zero-order chi connectivity index (χ0) is 22.1. The largest absolute Gasteiger partial charge is 0.379 e. The molecular formula is C24H27ClN2O4. The Morgan fingerprint density at radius 3 is 2.32 bits per heavy atom. The molecule has 2 aromatic rings. The average molecular weight is 443 g/mol. The zero-order valence-corrected chi connectivity index (χ0v) is 18.7. The van der Waals surface area contributed by atoms with Crippen LogP contribution in [0, 0.1) is 12.8 Å². The molecule has 0 aromatic heterocycles. The fraction of sp³-hybridized carbons (Fsp3) is 0.417. The molecule has 6 nitrogen and oxygen atoms in total. The highest BCUT2D eigenvalue weighted by atomic mass is 35.5. The summed E-state index contributed by atoms with van der Waals surface area (Å²) in [6.45, 7) is 2.44. The molecule has 0 radical (unpaired) electrons. The van der Waals surface area contributed by atoms with Crippen molar-refractivity contribution in [2.45, 2.75) is 44.6 Å². The summed E-state index contributed by atoms with van der Waals surface area (Å²) in [5.74, 6) is -0.590. The van der Waals surface area contributed by atoms with Crippen molar-refractivity contribution in [3.05, 3.63) is 64.7 Å². The number of amides is 3. The number of hydrogen-bond acceptors (Lipinski definition) is 4. The van der Waals surface area contributed by atoms with Crippen LogP contribution in [0.4, 0.5) is 10.5 Å². The van der Waals surface area contributed by atoms with Crippen molar-refractivity contribution >= 4 is 29.2 Å². The van der Waals surface area contributed by atoms with Crippen molar-refractivity contribution in [1.82, 2.24) is 4.90 Å². The second-order valence-corrected chi connectivity index (χ2v) is 8.68. The monoisotopic (exact) mass is 442 g/mol. The van der Waals surface area contributed by atoms with Crippen molar-refractivity contribution in [3.8, 4) is 0 Å². The molecule has 1 aliphatic heterocycles. The van der Waals surface area contributed by atoms with E-state index < -0.39 is 0 Å². The molecule has 2 aromatic carbocycles. The molecular weight excluding hydrogens is 416 g/mol. The number of rotatable bonds is 5. The lowest BCUT2D eigenvalue weighted by Crippen LogP contribution is -2.65. The van der Waals surface area contributed by atoms with Crippen molar-refractivity contribution in [2.24, 2.45) is 5.92 Å². The van der Waals surface area contributed by atoms with Gasteiger partial charge in [0.05, 0.1) is 23.8 Å². The van der Waals surface area contributed by atoms with Gasteiger partial charge in [0.25, 0.3) is 0 Å². The minimum Gasteiger partial charge on any atom is -0.379 e. The molecule has 0 spiro atoms. The van der Waals surface area contributed by atoms with Crippen molar-refractivity contribution in [3.63, 3.8) is 0 Å². The first-order chi connectivity index (χ1) is 14.9. The number of fused-ring (bicyclic) bond motifs is 1. The fourth-order valence-electron chi connectivity index (χ4n) is 4.68. The number of ether oxygens (including phenoxy) is 2. The third kappa shape index (κ3) is 4.20. The molecule has 1 saturated carbocycles. The number of carbonyl (C=O) groups is 2. The summed E-state index contributed by atoms with van der Waals surface area (Å²) in [6.07, 6.45) is 0.663. The van der Waals surface area contributed by atoms with E-state index >= 15 is 0 Å². The third-order valence-electron chi connectivity index (χ3n) is 6.36. The van der Waals surface area contributed by atoms with Gasteiger partial charge in [-0.2, -0.15) is 0 Å². The molecule has 2 aliphatic rings. The van der Waals surface area contributed by atoms with Crippen molar-refractivity contribution in [1.29, 1.82) is 0 Å². The highest BCUT2D eigenvalue weighted by molar-refractivity contribution is 6.31. The molecule has 2 fully saturated rings. The number of methoxy groups -OCH3 is 2. The molecule has 4 atom stereocenters. The van der Waals surface area contributed by atoms with Crippen LogP contribution in [0.15, 0.2) is 48.5 Å². The van der Waals surface area contributed by atoms with Gasteiger partial charge in [-0.1, -0.05) is 47.5 Å².